The minimum atomic E-state index is -0.307. The van der Waals surface area contributed by atoms with E-state index in [0.717, 1.165) is 50.4 Å². The lowest BCUT2D eigenvalue weighted by Crippen LogP contribution is -2.40. The number of hydrogen-bond donors (Lipinski definition) is 1. The molecule has 4 rings (SSSR count). The maximum Gasteiger partial charge on any atom is 0.223 e. The van der Waals surface area contributed by atoms with Gasteiger partial charge in [-0.2, -0.15) is 0 Å². The molecule has 0 radical (unpaired) electrons. The van der Waals surface area contributed by atoms with Gasteiger partial charge in [0.1, 0.15) is 11.6 Å². The summed E-state index contributed by atoms with van der Waals surface area (Å²) in [6.07, 6.45) is 3.24. The van der Waals surface area contributed by atoms with Crippen LogP contribution in [-0.2, 0) is 11.3 Å². The molecule has 3 aromatic rings. The summed E-state index contributed by atoms with van der Waals surface area (Å²) < 4.78 is 13.6. The van der Waals surface area contributed by atoms with E-state index in [4.69, 9.17) is 0 Å². The summed E-state index contributed by atoms with van der Waals surface area (Å²) in [6, 6.07) is 16.6. The van der Waals surface area contributed by atoms with Crippen molar-refractivity contribution >= 4 is 17.4 Å². The van der Waals surface area contributed by atoms with Crippen molar-refractivity contribution in [2.45, 2.75) is 33.2 Å². The van der Waals surface area contributed by atoms with Crippen molar-refractivity contribution < 1.29 is 9.18 Å². The number of hydrogen-bond acceptors (Lipinski definition) is 5. The molecule has 1 fully saturated rings. The average Bonchev–Trinajstić information content (AvgIpc) is 2.89. The van der Waals surface area contributed by atoms with Crippen molar-refractivity contribution in [3.05, 3.63) is 72.2 Å². The van der Waals surface area contributed by atoms with Gasteiger partial charge in [-0.3, -0.25) is 4.79 Å². The van der Waals surface area contributed by atoms with Crippen molar-refractivity contribution in [1.82, 2.24) is 15.3 Å². The van der Waals surface area contributed by atoms with Gasteiger partial charge in [-0.05, 0) is 62.6 Å². The van der Waals surface area contributed by atoms with Gasteiger partial charge in [-0.1, -0.05) is 24.3 Å². The van der Waals surface area contributed by atoms with Crippen LogP contribution in [0.25, 0.3) is 11.4 Å². The highest BCUT2D eigenvalue weighted by molar-refractivity contribution is 5.79. The van der Waals surface area contributed by atoms with Gasteiger partial charge in [-0.25, -0.2) is 14.4 Å². The van der Waals surface area contributed by atoms with Crippen molar-refractivity contribution in [2.75, 3.05) is 36.0 Å². The van der Waals surface area contributed by atoms with Crippen LogP contribution in [0.1, 0.15) is 32.3 Å². The second-order valence-corrected chi connectivity index (χ2v) is 8.57. The minimum Gasteiger partial charge on any atom is -0.372 e. The second kappa shape index (κ2) is 11.1. The smallest absolute Gasteiger partial charge is 0.223 e. The van der Waals surface area contributed by atoms with E-state index >= 15 is 0 Å². The zero-order valence-electron chi connectivity index (χ0n) is 19.9. The number of piperidine rings is 1. The Bertz CT molecular complexity index is 1090. The van der Waals surface area contributed by atoms with Crippen LogP contribution < -0.4 is 15.1 Å². The molecule has 6 nitrogen and oxygen atoms in total. The number of carbonyl (C=O) groups is 1. The van der Waals surface area contributed by atoms with Gasteiger partial charge in [0.2, 0.25) is 5.91 Å². The fourth-order valence-corrected chi connectivity index (χ4v) is 4.41. The van der Waals surface area contributed by atoms with Gasteiger partial charge >= 0.3 is 0 Å². The normalized spacial score (nSPS) is 14.1. The highest BCUT2D eigenvalue weighted by atomic mass is 19.1. The zero-order valence-corrected chi connectivity index (χ0v) is 19.9. The molecule has 0 bridgehead atoms. The summed E-state index contributed by atoms with van der Waals surface area (Å²) in [5.41, 5.74) is 2.96. The molecular weight excluding hydrogens is 429 g/mol. The van der Waals surface area contributed by atoms with Crippen LogP contribution in [-0.4, -0.2) is 42.1 Å². The molecular formula is C27H32FN5O. The SMILES string of the molecule is CCN(CC)c1ccc(CNC(=O)C2CCN(c3ccnc(-c4cccc(F)c4)n3)CC2)cc1. The summed E-state index contributed by atoms with van der Waals surface area (Å²) >= 11 is 0. The fraction of sp³-hybridized carbons (Fsp3) is 0.370. The van der Waals surface area contributed by atoms with Crippen LogP contribution in [0.5, 0.6) is 0 Å². The van der Waals surface area contributed by atoms with Crippen molar-refractivity contribution in [3.63, 3.8) is 0 Å². The Kier molecular flexibility index (Phi) is 7.72. The van der Waals surface area contributed by atoms with Gasteiger partial charge < -0.3 is 15.1 Å². The van der Waals surface area contributed by atoms with Crippen LogP contribution in [0.3, 0.4) is 0 Å². The molecule has 1 aliphatic rings. The molecule has 1 N–H and O–H groups in total. The summed E-state index contributed by atoms with van der Waals surface area (Å²) in [5.74, 6) is 1.11. The number of aromatic nitrogens is 2. The van der Waals surface area contributed by atoms with Crippen LogP contribution in [0.15, 0.2) is 60.8 Å². The maximum atomic E-state index is 13.6. The molecule has 2 heterocycles. The second-order valence-electron chi connectivity index (χ2n) is 8.57. The van der Waals surface area contributed by atoms with Gasteiger partial charge in [0.15, 0.2) is 5.82 Å². The first-order valence-corrected chi connectivity index (χ1v) is 12.0. The van der Waals surface area contributed by atoms with Crippen molar-refractivity contribution in [3.8, 4) is 11.4 Å². The molecule has 7 heteroatoms. The Morgan fingerprint density at radius 1 is 1.09 bits per heavy atom. The molecule has 1 saturated heterocycles. The first-order chi connectivity index (χ1) is 16.6. The maximum absolute atomic E-state index is 13.6. The number of amides is 1. The Labute approximate surface area is 200 Å². The monoisotopic (exact) mass is 461 g/mol. The first kappa shape index (κ1) is 23.7. The average molecular weight is 462 g/mol. The predicted molar refractivity (Wildman–Crippen MR) is 134 cm³/mol. The van der Waals surface area contributed by atoms with Crippen molar-refractivity contribution in [2.24, 2.45) is 5.92 Å². The molecule has 0 unspecified atom stereocenters. The van der Waals surface area contributed by atoms with E-state index in [1.54, 1.807) is 18.3 Å². The lowest BCUT2D eigenvalue weighted by Gasteiger charge is -2.32. The number of rotatable bonds is 8. The van der Waals surface area contributed by atoms with E-state index in [9.17, 15) is 9.18 Å². The quantitative estimate of drug-likeness (QED) is 0.529. The number of carbonyl (C=O) groups excluding carboxylic acids is 1. The predicted octanol–water partition coefficient (Wildman–Crippen LogP) is 4.66. The summed E-state index contributed by atoms with van der Waals surface area (Å²) in [4.78, 5) is 26.1. The molecule has 0 atom stereocenters. The van der Waals surface area contributed by atoms with Gasteiger partial charge in [0.25, 0.3) is 0 Å². The summed E-state index contributed by atoms with van der Waals surface area (Å²) in [7, 11) is 0. The lowest BCUT2D eigenvalue weighted by atomic mass is 9.96. The number of halogens is 1. The van der Waals surface area contributed by atoms with Gasteiger partial charge in [0, 0.05) is 56.1 Å². The minimum absolute atomic E-state index is 0.00396. The summed E-state index contributed by atoms with van der Waals surface area (Å²) in [6.45, 7) is 8.29. The largest absolute Gasteiger partial charge is 0.372 e. The molecule has 178 valence electrons. The number of nitrogens with one attached hydrogen (secondary N) is 1. The molecule has 2 aromatic carbocycles. The van der Waals surface area contributed by atoms with E-state index in [0.29, 0.717) is 17.9 Å². The third-order valence-corrected chi connectivity index (χ3v) is 6.45. The zero-order chi connectivity index (χ0) is 23.9. The van der Waals surface area contributed by atoms with Crippen LogP contribution in [0, 0.1) is 11.7 Å². The van der Waals surface area contributed by atoms with Crippen LogP contribution in [0.4, 0.5) is 15.9 Å². The van der Waals surface area contributed by atoms with Crippen LogP contribution >= 0.6 is 0 Å². The molecule has 1 aromatic heterocycles. The number of anilines is 2. The number of benzene rings is 2. The topological polar surface area (TPSA) is 61.4 Å². The molecule has 1 aliphatic heterocycles. The Morgan fingerprint density at radius 2 is 1.82 bits per heavy atom. The Hall–Kier alpha value is -3.48. The highest BCUT2D eigenvalue weighted by Gasteiger charge is 2.25. The van der Waals surface area contributed by atoms with Crippen LogP contribution in [0.2, 0.25) is 0 Å². The molecule has 0 spiro atoms. The highest BCUT2D eigenvalue weighted by Crippen LogP contribution is 2.24. The van der Waals surface area contributed by atoms with E-state index in [-0.39, 0.29) is 17.6 Å². The van der Waals surface area contributed by atoms with Crippen molar-refractivity contribution in [1.29, 1.82) is 0 Å². The first-order valence-electron chi connectivity index (χ1n) is 12.0. The third-order valence-electron chi connectivity index (χ3n) is 6.45. The number of nitrogens with zero attached hydrogens (tertiary/aromatic N) is 4. The lowest BCUT2D eigenvalue weighted by molar-refractivity contribution is -0.125. The summed E-state index contributed by atoms with van der Waals surface area (Å²) in [5, 5.41) is 3.10. The molecule has 34 heavy (non-hydrogen) atoms. The standard InChI is InChI=1S/C27H32FN5O/c1-3-32(4-2)24-10-8-20(9-11-24)19-30-27(34)21-13-16-33(17-14-21)25-12-15-29-26(31-25)22-6-5-7-23(28)18-22/h5-12,15,18,21H,3-4,13-14,16-17,19H2,1-2H3,(H,30,34). The third kappa shape index (κ3) is 5.71. The molecule has 0 saturated carbocycles. The van der Waals surface area contributed by atoms with E-state index in [1.807, 2.05) is 6.07 Å². The Morgan fingerprint density at radius 3 is 2.50 bits per heavy atom. The molecule has 1 amide bonds. The van der Waals surface area contributed by atoms with E-state index < -0.39 is 0 Å². The van der Waals surface area contributed by atoms with E-state index in [1.165, 1.54) is 17.8 Å². The van der Waals surface area contributed by atoms with Gasteiger partial charge in [-0.15, -0.1) is 0 Å². The fourth-order valence-electron chi connectivity index (χ4n) is 4.41. The molecule has 0 aliphatic carbocycles. The van der Waals surface area contributed by atoms with Gasteiger partial charge in [0.05, 0.1) is 0 Å². The van der Waals surface area contributed by atoms with E-state index in [2.05, 4.69) is 63.2 Å². The Balaban J connectivity index is 1.29.